The van der Waals surface area contributed by atoms with Crippen LogP contribution >= 0.6 is 0 Å². The van der Waals surface area contributed by atoms with Gasteiger partial charge in [-0.15, -0.1) is 0 Å². The third-order valence-corrected chi connectivity index (χ3v) is 7.91. The minimum absolute atomic E-state index is 0.0582. The van der Waals surface area contributed by atoms with Gasteiger partial charge < -0.3 is 20.3 Å². The predicted octanol–water partition coefficient (Wildman–Crippen LogP) is 2.58. The summed E-state index contributed by atoms with van der Waals surface area (Å²) in [6, 6.07) is 5.66. The van der Waals surface area contributed by atoms with Crippen molar-refractivity contribution >= 4 is 40.3 Å². The molecule has 0 spiro atoms. The van der Waals surface area contributed by atoms with Crippen LogP contribution < -0.4 is 21.2 Å². The molecule has 0 radical (unpaired) electrons. The highest BCUT2D eigenvalue weighted by molar-refractivity contribution is 6.06. The molecule has 1 aromatic carbocycles. The maximum atomic E-state index is 15.6. The van der Waals surface area contributed by atoms with Crippen molar-refractivity contribution in [3.63, 3.8) is 0 Å². The van der Waals surface area contributed by atoms with Crippen LogP contribution in [0.1, 0.15) is 41.5 Å². The van der Waals surface area contributed by atoms with Crippen molar-refractivity contribution in [2.24, 2.45) is 4.99 Å². The number of nitrogens with zero attached hydrogens (tertiary/aromatic N) is 6. The first-order valence-electron chi connectivity index (χ1n) is 13.8. The lowest BCUT2D eigenvalue weighted by atomic mass is 10.1. The first-order chi connectivity index (χ1) is 19.4. The standard InChI is InChI=1S/C28H33FN8O3/c1-3-37-26-23-21(30-16-31-26)14-18(24(29)25(23)34-28(37)39)15-35-8-10-36(11-9-35)22-5-4-20(32-17(22)2)27(38)33-19-6-12-40-13-7-19/h4-5,14,16,19H,3,6-13,15H2,1-2H3,(H,30,31)(H,33,38). The monoisotopic (exact) mass is 548 g/mol. The van der Waals surface area contributed by atoms with Crippen molar-refractivity contribution in [3.05, 3.63) is 51.5 Å². The molecule has 2 N–H and O–H groups in total. The average molecular weight is 549 g/mol. The Hall–Kier alpha value is -3.90. The molecular weight excluding hydrogens is 515 g/mol. The lowest BCUT2D eigenvalue weighted by molar-refractivity contribution is 0.0694. The van der Waals surface area contributed by atoms with Crippen LogP contribution in [0.4, 0.5) is 21.6 Å². The number of halogens is 1. The van der Waals surface area contributed by atoms with Gasteiger partial charge in [-0.05, 0) is 44.9 Å². The van der Waals surface area contributed by atoms with E-state index in [2.05, 4.69) is 35.4 Å². The number of anilines is 2. The third-order valence-electron chi connectivity index (χ3n) is 7.91. The maximum absolute atomic E-state index is 15.6. The molecule has 0 aliphatic carbocycles. The maximum Gasteiger partial charge on any atom is 0.349 e. The quantitative estimate of drug-likeness (QED) is 0.483. The van der Waals surface area contributed by atoms with Crippen LogP contribution in [0, 0.1) is 12.7 Å². The Morgan fingerprint density at radius 3 is 2.67 bits per heavy atom. The van der Waals surface area contributed by atoms with Crippen molar-refractivity contribution in [1.82, 2.24) is 24.8 Å². The smallest absolute Gasteiger partial charge is 0.349 e. The zero-order chi connectivity index (χ0) is 27.8. The number of hydrogen-bond donors (Lipinski definition) is 2. The molecule has 0 unspecified atom stereocenters. The fraction of sp³-hybridized carbons (Fsp3) is 0.464. The average Bonchev–Trinajstić information content (AvgIpc) is 2.96. The van der Waals surface area contributed by atoms with E-state index in [1.165, 1.54) is 10.9 Å². The number of piperazine rings is 1. The molecule has 2 fully saturated rings. The molecule has 6 rings (SSSR count). The number of ether oxygens (including phenoxy) is 1. The Morgan fingerprint density at radius 1 is 1.18 bits per heavy atom. The molecule has 3 aliphatic rings. The second-order valence-electron chi connectivity index (χ2n) is 10.4. The number of rotatable bonds is 6. The van der Waals surface area contributed by atoms with E-state index in [4.69, 9.17) is 4.74 Å². The summed E-state index contributed by atoms with van der Waals surface area (Å²) in [6.45, 7) is 8.84. The van der Waals surface area contributed by atoms with Gasteiger partial charge in [0.2, 0.25) is 0 Å². The number of amides is 1. The Labute approximate surface area is 231 Å². The minimum Gasteiger partial charge on any atom is -0.381 e. The van der Waals surface area contributed by atoms with Gasteiger partial charge in [-0.2, -0.15) is 4.98 Å². The number of aliphatic imine (C=N–C) groups is 1. The van der Waals surface area contributed by atoms with E-state index >= 15 is 4.39 Å². The topological polar surface area (TPSA) is 117 Å². The van der Waals surface area contributed by atoms with Crippen molar-refractivity contribution in [2.75, 3.05) is 49.6 Å². The van der Waals surface area contributed by atoms with E-state index in [9.17, 15) is 9.59 Å². The molecule has 11 nitrogen and oxygen atoms in total. The number of hydrogen-bond acceptors (Lipinski definition) is 9. The summed E-state index contributed by atoms with van der Waals surface area (Å²) in [5.41, 5.74) is 2.97. The summed E-state index contributed by atoms with van der Waals surface area (Å²) in [7, 11) is 0. The SMILES string of the molecule is CCn1c2c3c(cc(CN4CCN(c5ccc(C(=O)NC6CCOCC6)nc5C)CC4)c(F)c3nc1=O)NC=N2. The van der Waals surface area contributed by atoms with Crippen LogP contribution in [0.5, 0.6) is 0 Å². The second kappa shape index (κ2) is 10.9. The summed E-state index contributed by atoms with van der Waals surface area (Å²) in [4.78, 5) is 42.6. The number of nitrogens with one attached hydrogen (secondary N) is 2. The highest BCUT2D eigenvalue weighted by atomic mass is 19.1. The Kier molecular flexibility index (Phi) is 7.20. The van der Waals surface area contributed by atoms with Crippen LogP contribution in [-0.2, 0) is 17.8 Å². The molecule has 0 bridgehead atoms. The van der Waals surface area contributed by atoms with E-state index in [0.29, 0.717) is 54.5 Å². The number of pyridine rings is 1. The zero-order valence-corrected chi connectivity index (χ0v) is 22.7. The lowest BCUT2D eigenvalue weighted by Crippen LogP contribution is -2.46. The first-order valence-corrected chi connectivity index (χ1v) is 13.8. The van der Waals surface area contributed by atoms with Crippen LogP contribution in [-0.4, -0.2) is 77.1 Å². The molecule has 2 saturated heterocycles. The van der Waals surface area contributed by atoms with Gasteiger partial charge in [-0.1, -0.05) is 0 Å². The number of benzene rings is 1. The second-order valence-corrected chi connectivity index (χ2v) is 10.4. The van der Waals surface area contributed by atoms with E-state index in [0.717, 1.165) is 50.4 Å². The molecule has 1 amide bonds. The number of aromatic nitrogens is 3. The number of carbonyl (C=O) groups is 1. The van der Waals surface area contributed by atoms with Crippen molar-refractivity contribution in [1.29, 1.82) is 0 Å². The van der Waals surface area contributed by atoms with E-state index in [1.54, 1.807) is 12.1 Å². The fourth-order valence-corrected chi connectivity index (χ4v) is 5.73. The van der Waals surface area contributed by atoms with Gasteiger partial charge in [0, 0.05) is 64.1 Å². The number of aryl methyl sites for hydroxylation is 1. The van der Waals surface area contributed by atoms with Crippen LogP contribution in [0.3, 0.4) is 0 Å². The van der Waals surface area contributed by atoms with Crippen molar-refractivity contribution < 1.29 is 13.9 Å². The number of carbonyl (C=O) groups excluding carboxylic acids is 1. The van der Waals surface area contributed by atoms with Crippen LogP contribution in [0.15, 0.2) is 28.0 Å². The molecule has 0 saturated carbocycles. The highest BCUT2D eigenvalue weighted by Gasteiger charge is 2.25. The molecular formula is C28H33FN8O3. The largest absolute Gasteiger partial charge is 0.381 e. The van der Waals surface area contributed by atoms with Gasteiger partial charge in [0.25, 0.3) is 5.91 Å². The van der Waals surface area contributed by atoms with Crippen LogP contribution in [0.25, 0.3) is 10.9 Å². The highest BCUT2D eigenvalue weighted by Crippen LogP contribution is 2.36. The fourth-order valence-electron chi connectivity index (χ4n) is 5.73. The molecule has 3 aromatic rings. The summed E-state index contributed by atoms with van der Waals surface area (Å²) in [5.74, 6) is -0.198. The van der Waals surface area contributed by atoms with E-state index in [1.807, 2.05) is 19.9 Å². The predicted molar refractivity (Wildman–Crippen MR) is 151 cm³/mol. The summed E-state index contributed by atoms with van der Waals surface area (Å²) < 4.78 is 22.4. The molecule has 2 aromatic heterocycles. The van der Waals surface area contributed by atoms with Gasteiger partial charge in [-0.25, -0.2) is 19.2 Å². The summed E-state index contributed by atoms with van der Waals surface area (Å²) in [5, 5.41) is 6.68. The molecule has 3 aliphatic heterocycles. The minimum atomic E-state index is -0.504. The molecule has 40 heavy (non-hydrogen) atoms. The molecule has 210 valence electrons. The van der Waals surface area contributed by atoms with Crippen molar-refractivity contribution in [3.8, 4) is 0 Å². The lowest BCUT2D eigenvalue weighted by Gasteiger charge is -2.36. The normalized spacial score (nSPS) is 17.7. The third kappa shape index (κ3) is 4.92. The Morgan fingerprint density at radius 2 is 1.95 bits per heavy atom. The van der Waals surface area contributed by atoms with Gasteiger partial charge in [-0.3, -0.25) is 14.3 Å². The van der Waals surface area contributed by atoms with E-state index < -0.39 is 11.5 Å². The van der Waals surface area contributed by atoms with E-state index in [-0.39, 0.29) is 17.5 Å². The van der Waals surface area contributed by atoms with Gasteiger partial charge in [0.05, 0.1) is 28.8 Å². The Bertz CT molecular complexity index is 1540. The van der Waals surface area contributed by atoms with Gasteiger partial charge >= 0.3 is 5.69 Å². The Balaban J connectivity index is 1.13. The van der Waals surface area contributed by atoms with Crippen molar-refractivity contribution in [2.45, 2.75) is 45.8 Å². The summed E-state index contributed by atoms with van der Waals surface area (Å²) in [6.07, 6.45) is 3.16. The summed E-state index contributed by atoms with van der Waals surface area (Å²) >= 11 is 0. The zero-order valence-electron chi connectivity index (χ0n) is 22.7. The van der Waals surface area contributed by atoms with Gasteiger partial charge in [0.1, 0.15) is 17.0 Å². The molecule has 5 heterocycles. The first kappa shape index (κ1) is 26.3. The molecule has 12 heteroatoms. The van der Waals surface area contributed by atoms with Gasteiger partial charge in [0.15, 0.2) is 5.82 Å². The van der Waals surface area contributed by atoms with Crippen LogP contribution in [0.2, 0.25) is 0 Å². The molecule has 0 atom stereocenters.